The number of benzene rings is 1. The first-order valence-electron chi connectivity index (χ1n) is 4.54. The van der Waals surface area contributed by atoms with Crippen molar-refractivity contribution in [1.82, 2.24) is 0 Å². The van der Waals surface area contributed by atoms with E-state index in [1.807, 2.05) is 31.2 Å². The summed E-state index contributed by atoms with van der Waals surface area (Å²) >= 11 is 0. The van der Waals surface area contributed by atoms with Gasteiger partial charge in [-0.3, -0.25) is 0 Å². The lowest BCUT2D eigenvalue weighted by molar-refractivity contribution is 0.603. The van der Waals surface area contributed by atoms with E-state index in [0.717, 1.165) is 27.9 Å². The van der Waals surface area contributed by atoms with Gasteiger partial charge in [0.25, 0.3) is 0 Å². The lowest BCUT2D eigenvalue weighted by atomic mass is 10.0. The Morgan fingerprint density at radius 3 is 2.71 bits per heavy atom. The lowest BCUT2D eigenvalue weighted by Gasteiger charge is -1.96. The maximum Gasteiger partial charge on any atom is 0.135 e. The third-order valence-electron chi connectivity index (χ3n) is 2.23. The van der Waals surface area contributed by atoms with Gasteiger partial charge in [-0.1, -0.05) is 31.4 Å². The Hall–Kier alpha value is -1.76. The van der Waals surface area contributed by atoms with E-state index in [1.165, 1.54) is 0 Å². The molecule has 0 aliphatic heterocycles. The van der Waals surface area contributed by atoms with Crippen LogP contribution in [0.15, 0.2) is 41.8 Å². The molecule has 0 saturated carbocycles. The number of rotatable bonds is 2. The van der Waals surface area contributed by atoms with E-state index in [2.05, 4.69) is 13.2 Å². The summed E-state index contributed by atoms with van der Waals surface area (Å²) in [7, 11) is 0. The molecule has 1 heteroatoms. The molecule has 70 valence electrons. The van der Waals surface area contributed by atoms with Gasteiger partial charge in [-0.25, -0.2) is 0 Å². The molecule has 2 rings (SSSR count). The second-order valence-corrected chi connectivity index (χ2v) is 3.32. The van der Waals surface area contributed by atoms with Gasteiger partial charge in [0.15, 0.2) is 0 Å². The first kappa shape index (κ1) is 8.82. The van der Waals surface area contributed by atoms with Crippen LogP contribution in [0.1, 0.15) is 18.2 Å². The summed E-state index contributed by atoms with van der Waals surface area (Å²) in [4.78, 5) is 0. The molecule has 0 radical (unpaired) electrons. The van der Waals surface area contributed by atoms with Crippen LogP contribution in [-0.4, -0.2) is 0 Å². The van der Waals surface area contributed by atoms with Crippen molar-refractivity contribution in [2.75, 3.05) is 0 Å². The lowest BCUT2D eigenvalue weighted by Crippen LogP contribution is -1.77. The monoisotopic (exact) mass is 184 g/mol. The number of hydrogen-bond acceptors (Lipinski definition) is 1. The number of hydrogen-bond donors (Lipinski definition) is 0. The van der Waals surface area contributed by atoms with Crippen LogP contribution in [0.3, 0.4) is 0 Å². The third-order valence-corrected chi connectivity index (χ3v) is 2.23. The van der Waals surface area contributed by atoms with Gasteiger partial charge in [0, 0.05) is 10.9 Å². The van der Waals surface area contributed by atoms with E-state index >= 15 is 0 Å². The van der Waals surface area contributed by atoms with Gasteiger partial charge in [0.05, 0.1) is 0 Å². The fourth-order valence-corrected chi connectivity index (χ4v) is 1.65. The van der Waals surface area contributed by atoms with E-state index in [9.17, 15) is 0 Å². The molecule has 0 aliphatic carbocycles. The van der Waals surface area contributed by atoms with E-state index in [1.54, 1.807) is 6.08 Å². The standard InChI is InChI=1S/C13H12O/c1-4-11-13(9(2)3)10-7-5-6-8-12(10)14-11/h4-8H,1-2H2,3H3. The van der Waals surface area contributed by atoms with Crippen LogP contribution in [0.5, 0.6) is 0 Å². The molecule has 0 fully saturated rings. The van der Waals surface area contributed by atoms with E-state index in [-0.39, 0.29) is 0 Å². The van der Waals surface area contributed by atoms with Gasteiger partial charge >= 0.3 is 0 Å². The predicted octanol–water partition coefficient (Wildman–Crippen LogP) is 4.11. The summed E-state index contributed by atoms with van der Waals surface area (Å²) in [6, 6.07) is 7.95. The van der Waals surface area contributed by atoms with Gasteiger partial charge in [-0.05, 0) is 24.6 Å². The second kappa shape index (κ2) is 3.18. The highest BCUT2D eigenvalue weighted by molar-refractivity contribution is 5.93. The molecule has 1 heterocycles. The smallest absolute Gasteiger partial charge is 0.135 e. The first-order valence-corrected chi connectivity index (χ1v) is 4.54. The van der Waals surface area contributed by atoms with Crippen LogP contribution in [-0.2, 0) is 0 Å². The fraction of sp³-hybridized carbons (Fsp3) is 0.0769. The molecular formula is C13H12O. The first-order chi connectivity index (χ1) is 6.74. The highest BCUT2D eigenvalue weighted by Crippen LogP contribution is 2.30. The zero-order valence-corrected chi connectivity index (χ0v) is 8.21. The molecule has 0 aliphatic rings. The molecule has 0 atom stereocenters. The van der Waals surface area contributed by atoms with E-state index in [4.69, 9.17) is 4.42 Å². The van der Waals surface area contributed by atoms with Crippen molar-refractivity contribution in [3.63, 3.8) is 0 Å². The number of para-hydroxylation sites is 1. The molecular weight excluding hydrogens is 172 g/mol. The summed E-state index contributed by atoms with van der Waals surface area (Å²) in [6.07, 6.45) is 1.73. The summed E-state index contributed by atoms with van der Waals surface area (Å²) in [6.45, 7) is 9.66. The maximum absolute atomic E-state index is 5.63. The molecule has 1 nitrogen and oxygen atoms in total. The maximum atomic E-state index is 5.63. The van der Waals surface area contributed by atoms with E-state index < -0.39 is 0 Å². The quantitative estimate of drug-likeness (QED) is 0.684. The molecule has 0 N–H and O–H groups in total. The molecule has 0 spiro atoms. The van der Waals surface area contributed by atoms with Crippen LogP contribution in [0.4, 0.5) is 0 Å². The van der Waals surface area contributed by atoms with Gasteiger partial charge in [-0.15, -0.1) is 0 Å². The van der Waals surface area contributed by atoms with Gasteiger partial charge in [-0.2, -0.15) is 0 Å². The Kier molecular flexibility index (Phi) is 2.01. The molecule has 0 bridgehead atoms. The normalized spacial score (nSPS) is 10.4. The second-order valence-electron chi connectivity index (χ2n) is 3.32. The SMILES string of the molecule is C=Cc1oc2ccccc2c1C(=C)C. The van der Waals surface area contributed by atoms with Gasteiger partial charge < -0.3 is 4.42 Å². The predicted molar refractivity (Wildman–Crippen MR) is 61.0 cm³/mol. The zero-order valence-electron chi connectivity index (χ0n) is 8.21. The van der Waals surface area contributed by atoms with Crippen molar-refractivity contribution in [2.24, 2.45) is 0 Å². The molecule has 14 heavy (non-hydrogen) atoms. The van der Waals surface area contributed by atoms with Crippen LogP contribution in [0, 0.1) is 0 Å². The van der Waals surface area contributed by atoms with Crippen molar-refractivity contribution in [3.05, 3.63) is 48.7 Å². The molecule has 0 unspecified atom stereocenters. The summed E-state index contributed by atoms with van der Waals surface area (Å²) in [5, 5.41) is 1.11. The Morgan fingerprint density at radius 2 is 2.07 bits per heavy atom. The summed E-state index contributed by atoms with van der Waals surface area (Å²) in [5.41, 5.74) is 2.96. The van der Waals surface area contributed by atoms with Crippen LogP contribution in [0.2, 0.25) is 0 Å². The minimum Gasteiger partial charge on any atom is -0.456 e. The minimum atomic E-state index is 0.804. The van der Waals surface area contributed by atoms with Gasteiger partial charge in [0.1, 0.15) is 11.3 Å². The molecule has 1 aromatic heterocycles. The van der Waals surface area contributed by atoms with Crippen molar-refractivity contribution >= 4 is 22.6 Å². The Labute approximate surface area is 83.4 Å². The zero-order chi connectivity index (χ0) is 10.1. The largest absolute Gasteiger partial charge is 0.456 e. The summed E-state index contributed by atoms with van der Waals surface area (Å²) < 4.78 is 5.63. The van der Waals surface area contributed by atoms with Crippen molar-refractivity contribution in [3.8, 4) is 0 Å². The van der Waals surface area contributed by atoms with Crippen molar-refractivity contribution in [1.29, 1.82) is 0 Å². The van der Waals surface area contributed by atoms with Crippen molar-refractivity contribution < 1.29 is 4.42 Å². The van der Waals surface area contributed by atoms with Crippen molar-refractivity contribution in [2.45, 2.75) is 6.92 Å². The third kappa shape index (κ3) is 1.18. The number of allylic oxidation sites excluding steroid dienone is 1. The van der Waals surface area contributed by atoms with Gasteiger partial charge in [0.2, 0.25) is 0 Å². The average molecular weight is 184 g/mol. The van der Waals surface area contributed by atoms with Crippen LogP contribution >= 0.6 is 0 Å². The Balaban J connectivity index is 2.87. The highest BCUT2D eigenvalue weighted by Gasteiger charge is 2.10. The average Bonchev–Trinajstić information content (AvgIpc) is 2.55. The van der Waals surface area contributed by atoms with Crippen LogP contribution in [0.25, 0.3) is 22.6 Å². The topological polar surface area (TPSA) is 13.1 Å². The minimum absolute atomic E-state index is 0.804. The van der Waals surface area contributed by atoms with E-state index in [0.29, 0.717) is 0 Å². The van der Waals surface area contributed by atoms with Crippen LogP contribution < -0.4 is 0 Å². The molecule has 0 saturated heterocycles. The Bertz CT molecular complexity index is 503. The number of fused-ring (bicyclic) bond motifs is 1. The molecule has 1 aromatic carbocycles. The summed E-state index contributed by atoms with van der Waals surface area (Å²) in [5.74, 6) is 0.804. The fourth-order valence-electron chi connectivity index (χ4n) is 1.65. The molecule has 2 aromatic rings. The number of furan rings is 1. The Morgan fingerprint density at radius 1 is 1.36 bits per heavy atom. The highest BCUT2D eigenvalue weighted by atomic mass is 16.3. The molecule has 0 amide bonds.